The van der Waals surface area contributed by atoms with Crippen LogP contribution in [0.2, 0.25) is 0 Å². The highest BCUT2D eigenvalue weighted by atomic mass is 32.2. The summed E-state index contributed by atoms with van der Waals surface area (Å²) in [6.45, 7) is 5.04. The Kier molecular flexibility index (Phi) is 7.00. The van der Waals surface area contributed by atoms with Crippen molar-refractivity contribution in [3.8, 4) is 0 Å². The van der Waals surface area contributed by atoms with Crippen molar-refractivity contribution in [2.45, 2.75) is 30.3 Å². The number of halogens is 1. The first kappa shape index (κ1) is 25.8. The van der Waals surface area contributed by atoms with Crippen molar-refractivity contribution < 1.29 is 19.1 Å². The Bertz CT molecular complexity index is 1520. The summed E-state index contributed by atoms with van der Waals surface area (Å²) in [5, 5.41) is 15.8. The molecule has 1 aliphatic carbocycles. The molecule has 39 heavy (non-hydrogen) atoms. The van der Waals surface area contributed by atoms with Gasteiger partial charge in [0, 0.05) is 63.4 Å². The van der Waals surface area contributed by atoms with E-state index in [0.29, 0.717) is 42.4 Å². The van der Waals surface area contributed by atoms with Gasteiger partial charge in [-0.1, -0.05) is 0 Å². The molecule has 0 radical (unpaired) electrons. The van der Waals surface area contributed by atoms with Crippen LogP contribution in [0.4, 0.5) is 15.9 Å². The first-order valence-electron chi connectivity index (χ1n) is 13.1. The molecule has 2 fully saturated rings. The SMILES string of the molecule is O=C1CSc2ccc(CNCCN3CCN(c4cc5c(cc4F)c(=O)c(C(=O)O)cn5C4CC4)CC3)nc2N1. The molecule has 3 aromatic rings. The highest BCUT2D eigenvalue weighted by molar-refractivity contribution is 8.00. The number of carbonyl (C=O) groups is 2. The minimum atomic E-state index is -1.29. The molecule has 6 rings (SSSR count). The number of aromatic nitrogens is 2. The topological polar surface area (TPSA) is 120 Å². The zero-order valence-corrected chi connectivity index (χ0v) is 22.1. The number of rotatable bonds is 8. The molecule has 3 aliphatic rings. The molecule has 1 saturated carbocycles. The number of amides is 1. The van der Waals surface area contributed by atoms with Crippen LogP contribution in [0.5, 0.6) is 0 Å². The fourth-order valence-corrected chi connectivity index (χ4v) is 5.93. The van der Waals surface area contributed by atoms with Gasteiger partial charge in [0.05, 0.1) is 27.5 Å². The van der Waals surface area contributed by atoms with Gasteiger partial charge >= 0.3 is 5.97 Å². The molecular weight excluding hydrogens is 523 g/mol. The molecule has 2 aromatic heterocycles. The van der Waals surface area contributed by atoms with Gasteiger partial charge < -0.3 is 25.2 Å². The van der Waals surface area contributed by atoms with Gasteiger partial charge in [0.1, 0.15) is 17.2 Å². The lowest BCUT2D eigenvalue weighted by Gasteiger charge is -2.36. The van der Waals surface area contributed by atoms with Crippen LogP contribution in [0, 0.1) is 5.82 Å². The molecule has 3 N–H and O–H groups in total. The van der Waals surface area contributed by atoms with E-state index >= 15 is 4.39 Å². The third-order valence-electron chi connectivity index (χ3n) is 7.43. The summed E-state index contributed by atoms with van der Waals surface area (Å²) in [4.78, 5) is 45.8. The molecule has 2 aliphatic heterocycles. The summed E-state index contributed by atoms with van der Waals surface area (Å²) in [6.07, 6.45) is 3.23. The molecule has 10 nitrogen and oxygen atoms in total. The smallest absolute Gasteiger partial charge is 0.341 e. The molecule has 0 bridgehead atoms. The summed E-state index contributed by atoms with van der Waals surface area (Å²) >= 11 is 1.49. The summed E-state index contributed by atoms with van der Waals surface area (Å²) < 4.78 is 17.0. The third kappa shape index (κ3) is 5.36. The average Bonchev–Trinajstić information content (AvgIpc) is 3.77. The summed E-state index contributed by atoms with van der Waals surface area (Å²) in [6, 6.07) is 7.01. The molecule has 204 valence electrons. The van der Waals surface area contributed by atoms with Crippen LogP contribution < -0.4 is 21.0 Å². The van der Waals surface area contributed by atoms with Gasteiger partial charge in [-0.25, -0.2) is 14.2 Å². The Morgan fingerprint density at radius 2 is 1.97 bits per heavy atom. The van der Waals surface area contributed by atoms with Crippen LogP contribution in [0.15, 0.2) is 40.2 Å². The number of carbonyl (C=O) groups excluding carboxylic acids is 1. The maximum absolute atomic E-state index is 15.2. The van der Waals surface area contributed by atoms with Crippen LogP contribution in [-0.2, 0) is 11.3 Å². The van der Waals surface area contributed by atoms with Gasteiger partial charge in [-0.05, 0) is 37.1 Å². The molecule has 12 heteroatoms. The number of piperazine rings is 1. The van der Waals surface area contributed by atoms with E-state index in [9.17, 15) is 19.5 Å². The number of carboxylic acids is 1. The zero-order valence-electron chi connectivity index (χ0n) is 21.3. The lowest BCUT2D eigenvalue weighted by molar-refractivity contribution is -0.113. The van der Waals surface area contributed by atoms with Crippen molar-refractivity contribution in [2.75, 3.05) is 55.2 Å². The van der Waals surface area contributed by atoms with Crippen molar-refractivity contribution >= 4 is 46.0 Å². The zero-order chi connectivity index (χ0) is 27.1. The van der Waals surface area contributed by atoms with Gasteiger partial charge in [-0.2, -0.15) is 0 Å². The van der Waals surface area contributed by atoms with E-state index in [-0.39, 0.29) is 22.9 Å². The summed E-state index contributed by atoms with van der Waals surface area (Å²) in [7, 11) is 0. The number of anilines is 2. The number of hydrogen-bond acceptors (Lipinski definition) is 8. The Labute approximate surface area is 228 Å². The van der Waals surface area contributed by atoms with Crippen LogP contribution in [0.1, 0.15) is 34.9 Å². The third-order valence-corrected chi connectivity index (χ3v) is 8.47. The second-order valence-corrected chi connectivity index (χ2v) is 11.1. The fraction of sp³-hybridized carbons (Fsp3) is 0.407. The standard InChI is InChI=1S/C27H29FN6O4S/c28-20-11-18-21(34(17-2-3-17)14-19(25(18)36)27(37)38)12-22(20)33-9-7-32(8-10-33)6-5-29-13-16-1-4-23-26(30-16)31-24(35)15-39-23/h1,4,11-12,14,17,29H,2-3,5-10,13,15H2,(H,37,38)(H,30,31,35). The van der Waals surface area contributed by atoms with Gasteiger partial charge in [0.25, 0.3) is 0 Å². The quantitative estimate of drug-likeness (QED) is 0.362. The van der Waals surface area contributed by atoms with Gasteiger partial charge in [0.2, 0.25) is 11.3 Å². The predicted octanol–water partition coefficient (Wildman–Crippen LogP) is 2.52. The highest BCUT2D eigenvalue weighted by Gasteiger charge is 2.28. The molecule has 1 amide bonds. The highest BCUT2D eigenvalue weighted by Crippen LogP contribution is 2.38. The van der Waals surface area contributed by atoms with E-state index in [2.05, 4.69) is 20.5 Å². The van der Waals surface area contributed by atoms with Crippen LogP contribution in [-0.4, -0.2) is 76.5 Å². The van der Waals surface area contributed by atoms with Crippen LogP contribution in [0.3, 0.4) is 0 Å². The molecule has 0 spiro atoms. The second kappa shape index (κ2) is 10.6. The largest absolute Gasteiger partial charge is 0.477 e. The van der Waals surface area contributed by atoms with Crippen LogP contribution >= 0.6 is 11.8 Å². The van der Waals surface area contributed by atoms with Crippen molar-refractivity contribution in [3.63, 3.8) is 0 Å². The van der Waals surface area contributed by atoms with E-state index < -0.39 is 17.2 Å². The molecule has 0 unspecified atom stereocenters. The monoisotopic (exact) mass is 552 g/mol. The van der Waals surface area contributed by atoms with E-state index in [4.69, 9.17) is 0 Å². The number of benzene rings is 1. The van der Waals surface area contributed by atoms with E-state index in [0.717, 1.165) is 49.6 Å². The van der Waals surface area contributed by atoms with E-state index in [1.165, 1.54) is 24.0 Å². The van der Waals surface area contributed by atoms with Crippen molar-refractivity contribution in [1.29, 1.82) is 0 Å². The number of aromatic carboxylic acids is 1. The number of carboxylic acid groups (broad SMARTS) is 1. The number of nitrogens with one attached hydrogen (secondary N) is 2. The van der Waals surface area contributed by atoms with Crippen molar-refractivity contribution in [3.05, 3.63) is 57.8 Å². The van der Waals surface area contributed by atoms with Gasteiger partial charge in [-0.3, -0.25) is 14.5 Å². The van der Waals surface area contributed by atoms with Gasteiger partial charge in [-0.15, -0.1) is 11.8 Å². The Hall–Kier alpha value is -3.48. The molecule has 1 saturated heterocycles. The first-order valence-corrected chi connectivity index (χ1v) is 14.1. The normalized spacial score (nSPS) is 17.8. The number of pyridine rings is 2. The maximum atomic E-state index is 15.2. The molecule has 1 aromatic carbocycles. The maximum Gasteiger partial charge on any atom is 0.341 e. The summed E-state index contributed by atoms with van der Waals surface area (Å²) in [5.41, 5.74) is 0.932. The number of thioether (sulfide) groups is 1. The number of fused-ring (bicyclic) bond motifs is 2. The minimum absolute atomic E-state index is 0.0302. The first-order chi connectivity index (χ1) is 18.9. The lowest BCUT2D eigenvalue weighted by atomic mass is 10.1. The molecule has 0 atom stereocenters. The van der Waals surface area contributed by atoms with Crippen molar-refractivity contribution in [2.24, 2.45) is 0 Å². The van der Waals surface area contributed by atoms with E-state index in [1.807, 2.05) is 21.6 Å². The van der Waals surface area contributed by atoms with Gasteiger partial charge in [0.15, 0.2) is 0 Å². The Morgan fingerprint density at radius 1 is 1.18 bits per heavy atom. The molecule has 4 heterocycles. The Balaban J connectivity index is 1.06. The second-order valence-electron chi connectivity index (χ2n) is 10.1. The predicted molar refractivity (Wildman–Crippen MR) is 147 cm³/mol. The number of nitrogens with zero attached hydrogens (tertiary/aromatic N) is 4. The minimum Gasteiger partial charge on any atom is -0.477 e. The lowest BCUT2D eigenvalue weighted by Crippen LogP contribution is -2.48. The van der Waals surface area contributed by atoms with E-state index in [1.54, 1.807) is 6.07 Å². The van der Waals surface area contributed by atoms with Crippen LogP contribution in [0.25, 0.3) is 10.9 Å². The fourth-order valence-electron chi connectivity index (χ4n) is 5.18. The summed E-state index contributed by atoms with van der Waals surface area (Å²) in [5.74, 6) is -0.784. The Morgan fingerprint density at radius 3 is 2.72 bits per heavy atom. The average molecular weight is 553 g/mol. The molecular formula is C27H29FN6O4S. The van der Waals surface area contributed by atoms with Crippen molar-refractivity contribution in [1.82, 2.24) is 19.8 Å². The number of hydrogen-bond donors (Lipinski definition) is 3.